The fourth-order valence-electron chi connectivity index (χ4n) is 3.41. The SMILES string of the molecule is CC1CCN(CC(C)(C)N2CCNCC2)CC1C. The quantitative estimate of drug-likeness (QED) is 0.825. The number of likely N-dealkylation sites (tertiary alicyclic amines) is 1. The highest BCUT2D eigenvalue weighted by molar-refractivity contribution is 4.89. The molecule has 0 bridgehead atoms. The third-order valence-electron chi connectivity index (χ3n) is 5.00. The summed E-state index contributed by atoms with van der Waals surface area (Å²) in [7, 11) is 0. The van der Waals surface area contributed by atoms with Crippen molar-refractivity contribution >= 4 is 0 Å². The molecule has 0 aromatic heterocycles. The molecule has 3 heteroatoms. The molecular weight excluding hydrogens is 222 g/mol. The van der Waals surface area contributed by atoms with Gasteiger partial charge in [0.2, 0.25) is 0 Å². The largest absolute Gasteiger partial charge is 0.314 e. The Labute approximate surface area is 113 Å². The van der Waals surface area contributed by atoms with Crippen molar-refractivity contribution in [1.82, 2.24) is 15.1 Å². The van der Waals surface area contributed by atoms with Gasteiger partial charge in [0, 0.05) is 44.8 Å². The Balaban J connectivity index is 1.87. The minimum Gasteiger partial charge on any atom is -0.314 e. The second kappa shape index (κ2) is 5.89. The molecule has 2 heterocycles. The summed E-state index contributed by atoms with van der Waals surface area (Å²) >= 11 is 0. The van der Waals surface area contributed by atoms with Gasteiger partial charge >= 0.3 is 0 Å². The van der Waals surface area contributed by atoms with E-state index >= 15 is 0 Å². The molecule has 106 valence electrons. The normalized spacial score (nSPS) is 32.7. The predicted octanol–water partition coefficient (Wildman–Crippen LogP) is 1.65. The molecule has 2 aliphatic rings. The zero-order chi connectivity index (χ0) is 13.2. The standard InChI is InChI=1S/C15H31N3/c1-13-5-8-17(11-14(13)2)12-15(3,4)18-9-6-16-7-10-18/h13-14,16H,5-12H2,1-4H3. The Bertz CT molecular complexity index is 258. The lowest BCUT2D eigenvalue weighted by Gasteiger charge is -2.46. The summed E-state index contributed by atoms with van der Waals surface area (Å²) in [5.74, 6) is 1.76. The van der Waals surface area contributed by atoms with Gasteiger partial charge in [-0.15, -0.1) is 0 Å². The molecule has 2 atom stereocenters. The highest BCUT2D eigenvalue weighted by atomic mass is 15.3. The third-order valence-corrected chi connectivity index (χ3v) is 5.00. The van der Waals surface area contributed by atoms with E-state index in [9.17, 15) is 0 Å². The lowest BCUT2D eigenvalue weighted by atomic mass is 9.87. The number of nitrogens with one attached hydrogen (secondary N) is 1. The first-order valence-corrected chi connectivity index (χ1v) is 7.67. The van der Waals surface area contributed by atoms with E-state index in [0.717, 1.165) is 24.9 Å². The topological polar surface area (TPSA) is 18.5 Å². The number of piperazine rings is 1. The molecule has 1 N–H and O–H groups in total. The van der Waals surface area contributed by atoms with Crippen LogP contribution in [0, 0.1) is 11.8 Å². The maximum Gasteiger partial charge on any atom is 0.0281 e. The molecule has 0 spiro atoms. The van der Waals surface area contributed by atoms with Crippen LogP contribution in [0.4, 0.5) is 0 Å². The number of piperidine rings is 1. The van der Waals surface area contributed by atoms with Crippen LogP contribution in [0.1, 0.15) is 34.1 Å². The summed E-state index contributed by atoms with van der Waals surface area (Å²) in [6.45, 7) is 18.2. The van der Waals surface area contributed by atoms with Crippen molar-refractivity contribution in [2.75, 3.05) is 45.8 Å². The van der Waals surface area contributed by atoms with Gasteiger partial charge in [0.1, 0.15) is 0 Å². The average Bonchev–Trinajstić information content (AvgIpc) is 2.35. The highest BCUT2D eigenvalue weighted by Crippen LogP contribution is 2.25. The minimum absolute atomic E-state index is 0.322. The molecule has 2 saturated heterocycles. The zero-order valence-electron chi connectivity index (χ0n) is 12.7. The van der Waals surface area contributed by atoms with Gasteiger partial charge in [0.05, 0.1) is 0 Å². The second-order valence-electron chi connectivity index (χ2n) is 7.03. The number of nitrogens with zero attached hydrogens (tertiary/aromatic N) is 2. The molecule has 2 fully saturated rings. The van der Waals surface area contributed by atoms with E-state index in [2.05, 4.69) is 42.8 Å². The van der Waals surface area contributed by atoms with Gasteiger partial charge in [-0.1, -0.05) is 13.8 Å². The zero-order valence-corrected chi connectivity index (χ0v) is 12.7. The smallest absolute Gasteiger partial charge is 0.0281 e. The van der Waals surface area contributed by atoms with Crippen LogP contribution in [-0.4, -0.2) is 61.2 Å². The van der Waals surface area contributed by atoms with Gasteiger partial charge in [-0.2, -0.15) is 0 Å². The van der Waals surface area contributed by atoms with E-state index in [4.69, 9.17) is 0 Å². The first-order valence-electron chi connectivity index (χ1n) is 7.67. The van der Waals surface area contributed by atoms with Crippen LogP contribution >= 0.6 is 0 Å². The van der Waals surface area contributed by atoms with Crippen LogP contribution in [0.3, 0.4) is 0 Å². The maximum absolute atomic E-state index is 3.45. The van der Waals surface area contributed by atoms with Gasteiger partial charge in [-0.25, -0.2) is 0 Å². The van der Waals surface area contributed by atoms with Gasteiger partial charge in [0.25, 0.3) is 0 Å². The predicted molar refractivity (Wildman–Crippen MR) is 77.9 cm³/mol. The second-order valence-corrected chi connectivity index (χ2v) is 7.03. The Morgan fingerprint density at radius 2 is 1.72 bits per heavy atom. The average molecular weight is 253 g/mol. The molecule has 0 aromatic rings. The summed E-state index contributed by atoms with van der Waals surface area (Å²) < 4.78 is 0. The Kier molecular flexibility index (Phi) is 4.68. The summed E-state index contributed by atoms with van der Waals surface area (Å²) in [5, 5.41) is 3.45. The summed E-state index contributed by atoms with van der Waals surface area (Å²) in [4.78, 5) is 5.35. The van der Waals surface area contributed by atoms with Crippen molar-refractivity contribution in [2.45, 2.75) is 39.7 Å². The van der Waals surface area contributed by atoms with Crippen LogP contribution in [0.15, 0.2) is 0 Å². The lowest BCUT2D eigenvalue weighted by Crippen LogP contribution is -2.58. The van der Waals surface area contributed by atoms with Crippen molar-refractivity contribution in [3.8, 4) is 0 Å². The van der Waals surface area contributed by atoms with Crippen molar-refractivity contribution < 1.29 is 0 Å². The number of hydrogen-bond acceptors (Lipinski definition) is 3. The van der Waals surface area contributed by atoms with E-state index in [0.29, 0.717) is 5.54 Å². The molecule has 3 nitrogen and oxygen atoms in total. The van der Waals surface area contributed by atoms with E-state index < -0.39 is 0 Å². The van der Waals surface area contributed by atoms with Gasteiger partial charge in [-0.05, 0) is 38.6 Å². The minimum atomic E-state index is 0.322. The Morgan fingerprint density at radius 1 is 1.06 bits per heavy atom. The molecule has 0 saturated carbocycles. The van der Waals surface area contributed by atoms with Crippen LogP contribution < -0.4 is 5.32 Å². The molecule has 2 rings (SSSR count). The van der Waals surface area contributed by atoms with Crippen molar-refractivity contribution in [1.29, 1.82) is 0 Å². The maximum atomic E-state index is 3.45. The number of rotatable bonds is 3. The summed E-state index contributed by atoms with van der Waals surface area (Å²) in [6, 6.07) is 0. The van der Waals surface area contributed by atoms with Gasteiger partial charge in [0.15, 0.2) is 0 Å². The lowest BCUT2D eigenvalue weighted by molar-refractivity contribution is 0.0388. The third kappa shape index (κ3) is 3.46. The van der Waals surface area contributed by atoms with E-state index in [1.807, 2.05) is 0 Å². The van der Waals surface area contributed by atoms with Crippen LogP contribution in [0.25, 0.3) is 0 Å². The first kappa shape index (κ1) is 14.3. The van der Waals surface area contributed by atoms with E-state index in [1.165, 1.54) is 39.1 Å². The van der Waals surface area contributed by atoms with Crippen LogP contribution in [-0.2, 0) is 0 Å². The fourth-order valence-corrected chi connectivity index (χ4v) is 3.41. The molecule has 0 radical (unpaired) electrons. The van der Waals surface area contributed by atoms with Crippen molar-refractivity contribution in [3.63, 3.8) is 0 Å². The van der Waals surface area contributed by atoms with Gasteiger partial charge in [-0.3, -0.25) is 4.90 Å². The van der Waals surface area contributed by atoms with E-state index in [-0.39, 0.29) is 0 Å². The van der Waals surface area contributed by atoms with Crippen molar-refractivity contribution in [3.05, 3.63) is 0 Å². The molecule has 2 aliphatic heterocycles. The fraction of sp³-hybridized carbons (Fsp3) is 1.00. The van der Waals surface area contributed by atoms with Crippen LogP contribution in [0.2, 0.25) is 0 Å². The Hall–Kier alpha value is -0.120. The molecule has 0 aromatic carbocycles. The summed E-state index contributed by atoms with van der Waals surface area (Å²) in [5.41, 5.74) is 0.322. The molecule has 0 amide bonds. The molecule has 2 unspecified atom stereocenters. The summed E-state index contributed by atoms with van der Waals surface area (Å²) in [6.07, 6.45) is 1.37. The monoisotopic (exact) mass is 253 g/mol. The van der Waals surface area contributed by atoms with Crippen LogP contribution in [0.5, 0.6) is 0 Å². The van der Waals surface area contributed by atoms with E-state index in [1.54, 1.807) is 0 Å². The molecular formula is C15H31N3. The molecule has 18 heavy (non-hydrogen) atoms. The number of hydrogen-bond donors (Lipinski definition) is 1. The molecule has 0 aliphatic carbocycles. The highest BCUT2D eigenvalue weighted by Gasteiger charge is 2.32. The Morgan fingerprint density at radius 3 is 2.33 bits per heavy atom. The van der Waals surface area contributed by atoms with Crippen molar-refractivity contribution in [2.24, 2.45) is 11.8 Å². The van der Waals surface area contributed by atoms with Gasteiger partial charge < -0.3 is 10.2 Å². The first-order chi connectivity index (χ1) is 8.49.